The molecule has 0 spiro atoms. The molecule has 0 amide bonds. The summed E-state index contributed by atoms with van der Waals surface area (Å²) >= 11 is 0. The van der Waals surface area contributed by atoms with Gasteiger partial charge in [0.05, 0.1) is 0 Å². The fourth-order valence-corrected chi connectivity index (χ4v) is 4.68. The first-order valence-corrected chi connectivity index (χ1v) is 11.6. The molecule has 1 fully saturated rings. The van der Waals surface area contributed by atoms with Crippen LogP contribution in [0.1, 0.15) is 93.4 Å². The largest absolute Gasteiger partial charge is 0.207 e. The van der Waals surface area contributed by atoms with Crippen molar-refractivity contribution in [2.75, 3.05) is 0 Å². The average Bonchev–Trinajstić information content (AvgIpc) is 2.73. The molecule has 2 aromatic carbocycles. The van der Waals surface area contributed by atoms with Gasteiger partial charge in [-0.05, 0) is 91.5 Å². The molecule has 0 unspecified atom stereocenters. The number of hydrogen-bond donors (Lipinski definition) is 0. The van der Waals surface area contributed by atoms with E-state index in [9.17, 15) is 4.39 Å². The summed E-state index contributed by atoms with van der Waals surface area (Å²) in [6.45, 7) is 4.52. The molecule has 2 aromatic rings. The molecular weight excluding hydrogens is 343 g/mol. The summed E-state index contributed by atoms with van der Waals surface area (Å²) in [4.78, 5) is 0. The lowest BCUT2D eigenvalue weighted by Gasteiger charge is -2.28. The molecule has 28 heavy (non-hydrogen) atoms. The fourth-order valence-electron chi connectivity index (χ4n) is 4.68. The van der Waals surface area contributed by atoms with Gasteiger partial charge in [-0.15, -0.1) is 0 Å². The molecule has 0 aromatic heterocycles. The Balaban J connectivity index is 1.52. The van der Waals surface area contributed by atoms with Crippen LogP contribution in [0.2, 0.25) is 0 Å². The van der Waals surface area contributed by atoms with Crippen molar-refractivity contribution < 1.29 is 4.39 Å². The first-order chi connectivity index (χ1) is 13.7. The molecule has 0 saturated heterocycles. The van der Waals surface area contributed by atoms with Crippen molar-refractivity contribution in [2.45, 2.75) is 90.4 Å². The Bertz CT molecular complexity index is 708. The van der Waals surface area contributed by atoms with Crippen molar-refractivity contribution in [1.29, 1.82) is 0 Å². The van der Waals surface area contributed by atoms with Crippen LogP contribution in [0.25, 0.3) is 0 Å². The van der Waals surface area contributed by atoms with Crippen molar-refractivity contribution in [3.05, 3.63) is 70.5 Å². The van der Waals surface area contributed by atoms with E-state index in [1.54, 1.807) is 6.07 Å². The summed E-state index contributed by atoms with van der Waals surface area (Å²) < 4.78 is 14.7. The van der Waals surface area contributed by atoms with Crippen LogP contribution in [0.3, 0.4) is 0 Å². The summed E-state index contributed by atoms with van der Waals surface area (Å²) in [5, 5.41) is 0. The lowest BCUT2D eigenvalue weighted by Crippen LogP contribution is -2.13. The Labute approximate surface area is 171 Å². The van der Waals surface area contributed by atoms with Gasteiger partial charge in [0.1, 0.15) is 5.82 Å². The maximum absolute atomic E-state index is 14.7. The van der Waals surface area contributed by atoms with E-state index >= 15 is 0 Å². The Morgan fingerprint density at radius 1 is 0.750 bits per heavy atom. The molecule has 152 valence electrons. The molecule has 3 rings (SSSR count). The number of halogens is 1. The van der Waals surface area contributed by atoms with Gasteiger partial charge in [0.2, 0.25) is 0 Å². The van der Waals surface area contributed by atoms with E-state index in [1.165, 1.54) is 56.1 Å². The summed E-state index contributed by atoms with van der Waals surface area (Å²) in [7, 11) is 0. The molecule has 0 aliphatic heterocycles. The summed E-state index contributed by atoms with van der Waals surface area (Å²) in [5.41, 5.74) is 4.86. The predicted molar refractivity (Wildman–Crippen MR) is 118 cm³/mol. The van der Waals surface area contributed by atoms with Crippen LogP contribution in [0.4, 0.5) is 4.39 Å². The third-order valence-electron chi connectivity index (χ3n) is 6.72. The second-order valence-corrected chi connectivity index (χ2v) is 8.76. The first-order valence-electron chi connectivity index (χ1n) is 11.6. The minimum atomic E-state index is 0.0173. The number of unbranched alkanes of at least 4 members (excludes halogenated alkanes) is 2. The van der Waals surface area contributed by atoms with Gasteiger partial charge in [0, 0.05) is 0 Å². The van der Waals surface area contributed by atoms with Crippen molar-refractivity contribution >= 4 is 0 Å². The fraction of sp³-hybridized carbons (Fsp3) is 0.556. The summed E-state index contributed by atoms with van der Waals surface area (Å²) in [6, 6.07) is 15.0. The van der Waals surface area contributed by atoms with Crippen LogP contribution in [-0.4, -0.2) is 0 Å². The smallest absolute Gasteiger partial charge is 0.126 e. The zero-order chi connectivity index (χ0) is 19.8. The molecular formula is C27H37F. The highest BCUT2D eigenvalue weighted by atomic mass is 19.1. The molecule has 1 heteroatoms. The standard InChI is InChI=1S/C27H37F/c1-3-5-6-7-22-8-10-23(11-9-22)12-13-24-16-19-26(27(28)20-24)25-17-14-21(4-2)15-18-25/h8-11,16,19-21,25H,3-7,12-15,17-18H2,1-2H3. The van der Waals surface area contributed by atoms with E-state index in [2.05, 4.69) is 50.2 Å². The Hall–Kier alpha value is -1.63. The summed E-state index contributed by atoms with van der Waals surface area (Å²) in [6.07, 6.45) is 13.0. The van der Waals surface area contributed by atoms with E-state index in [1.807, 2.05) is 0 Å². The molecule has 0 radical (unpaired) electrons. The van der Waals surface area contributed by atoms with Crippen LogP contribution in [-0.2, 0) is 19.3 Å². The molecule has 0 N–H and O–H groups in total. The topological polar surface area (TPSA) is 0 Å². The van der Waals surface area contributed by atoms with Gasteiger partial charge >= 0.3 is 0 Å². The van der Waals surface area contributed by atoms with Crippen molar-refractivity contribution in [3.8, 4) is 0 Å². The molecule has 0 nitrogen and oxygen atoms in total. The van der Waals surface area contributed by atoms with Gasteiger partial charge in [-0.2, -0.15) is 0 Å². The van der Waals surface area contributed by atoms with Gasteiger partial charge in [0.25, 0.3) is 0 Å². The van der Waals surface area contributed by atoms with Gasteiger partial charge in [-0.3, -0.25) is 0 Å². The zero-order valence-corrected chi connectivity index (χ0v) is 17.9. The minimum Gasteiger partial charge on any atom is -0.207 e. The van der Waals surface area contributed by atoms with Crippen LogP contribution in [0.5, 0.6) is 0 Å². The Morgan fingerprint density at radius 2 is 1.36 bits per heavy atom. The third-order valence-corrected chi connectivity index (χ3v) is 6.72. The maximum Gasteiger partial charge on any atom is 0.126 e. The SMILES string of the molecule is CCCCCc1ccc(CCc2ccc(C3CCC(CC)CC3)c(F)c2)cc1. The van der Waals surface area contributed by atoms with E-state index in [0.29, 0.717) is 5.92 Å². The minimum absolute atomic E-state index is 0.0173. The van der Waals surface area contributed by atoms with E-state index < -0.39 is 0 Å². The number of hydrogen-bond acceptors (Lipinski definition) is 0. The second-order valence-electron chi connectivity index (χ2n) is 8.76. The maximum atomic E-state index is 14.7. The lowest BCUT2D eigenvalue weighted by atomic mass is 9.77. The number of aryl methyl sites for hydroxylation is 3. The number of rotatable bonds is 9. The Kier molecular flexibility index (Phi) is 8.13. The normalized spacial score (nSPS) is 19.7. The molecule has 0 bridgehead atoms. The predicted octanol–water partition coefficient (Wildman–Crippen LogP) is 8.03. The highest BCUT2D eigenvalue weighted by molar-refractivity contribution is 5.29. The van der Waals surface area contributed by atoms with Crippen LogP contribution < -0.4 is 0 Å². The highest BCUT2D eigenvalue weighted by Crippen LogP contribution is 2.38. The van der Waals surface area contributed by atoms with Crippen LogP contribution in [0.15, 0.2) is 42.5 Å². The molecule has 0 atom stereocenters. The molecule has 1 aliphatic carbocycles. The van der Waals surface area contributed by atoms with Gasteiger partial charge in [0.15, 0.2) is 0 Å². The van der Waals surface area contributed by atoms with E-state index in [-0.39, 0.29) is 5.82 Å². The third kappa shape index (κ3) is 5.93. The van der Waals surface area contributed by atoms with E-state index in [0.717, 1.165) is 42.7 Å². The monoisotopic (exact) mass is 380 g/mol. The van der Waals surface area contributed by atoms with Gasteiger partial charge < -0.3 is 0 Å². The average molecular weight is 381 g/mol. The van der Waals surface area contributed by atoms with Crippen molar-refractivity contribution in [3.63, 3.8) is 0 Å². The number of benzene rings is 2. The van der Waals surface area contributed by atoms with E-state index in [4.69, 9.17) is 0 Å². The highest BCUT2D eigenvalue weighted by Gasteiger charge is 2.23. The first kappa shape index (κ1) is 21.1. The van der Waals surface area contributed by atoms with Crippen molar-refractivity contribution in [1.82, 2.24) is 0 Å². The zero-order valence-electron chi connectivity index (χ0n) is 17.9. The molecule has 1 saturated carbocycles. The second kappa shape index (κ2) is 10.8. The quantitative estimate of drug-likeness (QED) is 0.386. The summed E-state index contributed by atoms with van der Waals surface area (Å²) in [5.74, 6) is 1.30. The molecule has 1 aliphatic rings. The molecule has 0 heterocycles. The lowest BCUT2D eigenvalue weighted by molar-refractivity contribution is 0.314. The van der Waals surface area contributed by atoms with Gasteiger partial charge in [-0.1, -0.05) is 69.5 Å². The van der Waals surface area contributed by atoms with Crippen LogP contribution in [0, 0.1) is 11.7 Å². The van der Waals surface area contributed by atoms with Crippen LogP contribution >= 0.6 is 0 Å². The van der Waals surface area contributed by atoms with Gasteiger partial charge in [-0.25, -0.2) is 4.39 Å². The van der Waals surface area contributed by atoms with Crippen molar-refractivity contribution in [2.24, 2.45) is 5.92 Å². The Morgan fingerprint density at radius 3 is 1.96 bits per heavy atom.